The summed E-state index contributed by atoms with van der Waals surface area (Å²) in [5, 5.41) is 6.65. The van der Waals surface area contributed by atoms with E-state index in [-0.39, 0.29) is 0 Å². The lowest BCUT2D eigenvalue weighted by atomic mass is 10.2. The standard InChI is InChI=1S/C19H34N4O2/c1-6-12-23(13-7-2)14-8-11-21-19(20-3)22-16-9-10-17(24-4)18(15-16)25-5/h9-10,15H,6-8,11-14H2,1-5H3,(H2,20,21,22). The highest BCUT2D eigenvalue weighted by molar-refractivity contribution is 5.93. The molecule has 0 bridgehead atoms. The molecular formula is C19H34N4O2. The Morgan fingerprint density at radius 2 is 1.72 bits per heavy atom. The van der Waals surface area contributed by atoms with E-state index in [2.05, 4.69) is 34.4 Å². The summed E-state index contributed by atoms with van der Waals surface area (Å²) in [6.07, 6.45) is 3.50. The van der Waals surface area contributed by atoms with Crippen LogP contribution in [0.15, 0.2) is 23.2 Å². The van der Waals surface area contributed by atoms with Crippen molar-refractivity contribution in [3.05, 3.63) is 18.2 Å². The van der Waals surface area contributed by atoms with E-state index in [0.717, 1.165) is 31.2 Å². The zero-order valence-electron chi connectivity index (χ0n) is 16.4. The number of hydrogen-bond donors (Lipinski definition) is 2. The van der Waals surface area contributed by atoms with Gasteiger partial charge in [0.25, 0.3) is 0 Å². The number of guanidine groups is 1. The molecule has 0 aromatic heterocycles. The molecule has 6 heteroatoms. The molecule has 142 valence electrons. The van der Waals surface area contributed by atoms with Gasteiger partial charge in [0.2, 0.25) is 0 Å². The number of nitrogens with one attached hydrogen (secondary N) is 2. The normalized spacial score (nSPS) is 11.5. The molecule has 2 N–H and O–H groups in total. The summed E-state index contributed by atoms with van der Waals surface area (Å²) in [5.74, 6) is 2.16. The Labute approximate surface area is 152 Å². The number of anilines is 1. The third-order valence-electron chi connectivity index (χ3n) is 3.89. The molecule has 0 saturated carbocycles. The van der Waals surface area contributed by atoms with Gasteiger partial charge in [-0.1, -0.05) is 13.8 Å². The van der Waals surface area contributed by atoms with E-state index >= 15 is 0 Å². The molecule has 0 aliphatic carbocycles. The highest BCUT2D eigenvalue weighted by Gasteiger charge is 2.06. The van der Waals surface area contributed by atoms with E-state index < -0.39 is 0 Å². The van der Waals surface area contributed by atoms with E-state index in [4.69, 9.17) is 9.47 Å². The monoisotopic (exact) mass is 350 g/mol. The number of benzene rings is 1. The van der Waals surface area contributed by atoms with Crippen molar-refractivity contribution in [3.63, 3.8) is 0 Å². The molecule has 0 atom stereocenters. The Morgan fingerprint density at radius 1 is 1.04 bits per heavy atom. The van der Waals surface area contributed by atoms with Gasteiger partial charge in [0.15, 0.2) is 17.5 Å². The maximum atomic E-state index is 5.33. The second-order valence-electron chi connectivity index (χ2n) is 5.89. The minimum absolute atomic E-state index is 0.692. The van der Waals surface area contributed by atoms with Gasteiger partial charge in [-0.2, -0.15) is 0 Å². The van der Waals surface area contributed by atoms with Crippen LogP contribution in [-0.2, 0) is 0 Å². The number of aliphatic imine (C=N–C) groups is 1. The largest absolute Gasteiger partial charge is 0.493 e. The molecule has 0 aliphatic heterocycles. The van der Waals surface area contributed by atoms with Gasteiger partial charge in [-0.25, -0.2) is 0 Å². The number of methoxy groups -OCH3 is 2. The van der Waals surface area contributed by atoms with Crippen molar-refractivity contribution in [3.8, 4) is 11.5 Å². The Hall–Kier alpha value is -1.95. The first kappa shape index (κ1) is 21.1. The summed E-state index contributed by atoms with van der Waals surface area (Å²) in [6.45, 7) is 8.81. The first-order valence-electron chi connectivity index (χ1n) is 9.10. The Balaban J connectivity index is 2.47. The summed E-state index contributed by atoms with van der Waals surface area (Å²) in [4.78, 5) is 6.80. The highest BCUT2D eigenvalue weighted by atomic mass is 16.5. The number of ether oxygens (including phenoxy) is 2. The molecule has 1 aromatic rings. The number of rotatable bonds is 11. The van der Waals surface area contributed by atoms with Crippen LogP contribution in [0.25, 0.3) is 0 Å². The Kier molecular flexibility index (Phi) is 10.5. The van der Waals surface area contributed by atoms with Crippen molar-refractivity contribution in [2.24, 2.45) is 4.99 Å². The van der Waals surface area contributed by atoms with Crippen LogP contribution < -0.4 is 20.1 Å². The summed E-state index contributed by atoms with van der Waals surface area (Å²) in [7, 11) is 5.04. The van der Waals surface area contributed by atoms with Gasteiger partial charge in [-0.15, -0.1) is 0 Å². The molecule has 0 aliphatic rings. The predicted molar refractivity (Wildman–Crippen MR) is 106 cm³/mol. The molecular weight excluding hydrogens is 316 g/mol. The maximum Gasteiger partial charge on any atom is 0.195 e. The molecule has 0 spiro atoms. The lowest BCUT2D eigenvalue weighted by Crippen LogP contribution is -2.34. The minimum atomic E-state index is 0.692. The van der Waals surface area contributed by atoms with Gasteiger partial charge in [0.1, 0.15) is 0 Å². The van der Waals surface area contributed by atoms with Crippen molar-refractivity contribution in [2.75, 3.05) is 52.8 Å². The van der Waals surface area contributed by atoms with Crippen LogP contribution in [-0.4, -0.2) is 58.3 Å². The first-order chi connectivity index (χ1) is 12.2. The van der Waals surface area contributed by atoms with Crippen LogP contribution in [0, 0.1) is 0 Å². The summed E-state index contributed by atoms with van der Waals surface area (Å²) in [5.41, 5.74) is 0.907. The molecule has 0 radical (unpaired) electrons. The topological polar surface area (TPSA) is 58.1 Å². The van der Waals surface area contributed by atoms with E-state index in [0.29, 0.717) is 11.5 Å². The molecule has 0 fully saturated rings. The van der Waals surface area contributed by atoms with Crippen molar-refractivity contribution in [1.82, 2.24) is 10.2 Å². The zero-order valence-corrected chi connectivity index (χ0v) is 16.4. The lowest BCUT2D eigenvalue weighted by molar-refractivity contribution is 0.272. The van der Waals surface area contributed by atoms with Gasteiger partial charge >= 0.3 is 0 Å². The fourth-order valence-electron chi connectivity index (χ4n) is 2.71. The van der Waals surface area contributed by atoms with Gasteiger partial charge in [0, 0.05) is 25.3 Å². The molecule has 1 aromatic carbocycles. The Morgan fingerprint density at radius 3 is 2.28 bits per heavy atom. The number of nitrogens with zero attached hydrogens (tertiary/aromatic N) is 2. The van der Waals surface area contributed by atoms with Crippen molar-refractivity contribution in [2.45, 2.75) is 33.1 Å². The van der Waals surface area contributed by atoms with Crippen LogP contribution in [0.3, 0.4) is 0 Å². The predicted octanol–water partition coefficient (Wildman–Crippen LogP) is 3.20. The molecule has 6 nitrogen and oxygen atoms in total. The highest BCUT2D eigenvalue weighted by Crippen LogP contribution is 2.29. The molecule has 0 unspecified atom stereocenters. The van der Waals surface area contributed by atoms with Gasteiger partial charge in [-0.3, -0.25) is 4.99 Å². The Bertz CT molecular complexity index is 514. The van der Waals surface area contributed by atoms with Crippen LogP contribution >= 0.6 is 0 Å². The van der Waals surface area contributed by atoms with Crippen LogP contribution in [0.4, 0.5) is 5.69 Å². The fourth-order valence-corrected chi connectivity index (χ4v) is 2.71. The summed E-state index contributed by atoms with van der Waals surface area (Å²) < 4.78 is 10.6. The lowest BCUT2D eigenvalue weighted by Gasteiger charge is -2.21. The van der Waals surface area contributed by atoms with Crippen LogP contribution in [0.1, 0.15) is 33.1 Å². The first-order valence-corrected chi connectivity index (χ1v) is 9.10. The fraction of sp³-hybridized carbons (Fsp3) is 0.632. The second kappa shape index (κ2) is 12.4. The van der Waals surface area contributed by atoms with E-state index in [1.54, 1.807) is 21.3 Å². The SMILES string of the molecule is CCCN(CCC)CCCNC(=NC)Nc1ccc(OC)c(OC)c1. The van der Waals surface area contributed by atoms with E-state index in [1.165, 1.54) is 25.9 Å². The third-order valence-corrected chi connectivity index (χ3v) is 3.89. The summed E-state index contributed by atoms with van der Waals surface area (Å²) >= 11 is 0. The van der Waals surface area contributed by atoms with Gasteiger partial charge < -0.3 is 25.0 Å². The van der Waals surface area contributed by atoms with Crippen LogP contribution in [0.2, 0.25) is 0 Å². The molecule has 0 saturated heterocycles. The second-order valence-corrected chi connectivity index (χ2v) is 5.89. The average molecular weight is 351 g/mol. The molecule has 1 rings (SSSR count). The van der Waals surface area contributed by atoms with E-state index in [1.807, 2.05) is 18.2 Å². The maximum absolute atomic E-state index is 5.33. The quantitative estimate of drug-likeness (QED) is 0.365. The van der Waals surface area contributed by atoms with Gasteiger partial charge in [-0.05, 0) is 51.0 Å². The average Bonchev–Trinajstić information content (AvgIpc) is 2.64. The molecule has 0 amide bonds. The van der Waals surface area contributed by atoms with Crippen LogP contribution in [0.5, 0.6) is 11.5 Å². The minimum Gasteiger partial charge on any atom is -0.493 e. The number of hydrogen-bond acceptors (Lipinski definition) is 4. The molecule has 0 heterocycles. The van der Waals surface area contributed by atoms with Gasteiger partial charge in [0.05, 0.1) is 14.2 Å². The summed E-state index contributed by atoms with van der Waals surface area (Å²) in [6, 6.07) is 5.72. The smallest absolute Gasteiger partial charge is 0.195 e. The zero-order chi connectivity index (χ0) is 18.5. The van der Waals surface area contributed by atoms with Crippen molar-refractivity contribution < 1.29 is 9.47 Å². The van der Waals surface area contributed by atoms with E-state index in [9.17, 15) is 0 Å². The van der Waals surface area contributed by atoms with Crippen molar-refractivity contribution >= 4 is 11.6 Å². The molecule has 25 heavy (non-hydrogen) atoms. The third kappa shape index (κ3) is 7.65. The van der Waals surface area contributed by atoms with Crippen molar-refractivity contribution in [1.29, 1.82) is 0 Å².